The zero-order valence-electron chi connectivity index (χ0n) is 9.78. The molecule has 1 aliphatic carbocycles. The van der Waals surface area contributed by atoms with Gasteiger partial charge >= 0.3 is 0 Å². The van der Waals surface area contributed by atoms with Crippen molar-refractivity contribution >= 4 is 0 Å². The van der Waals surface area contributed by atoms with Crippen LogP contribution in [0.5, 0.6) is 0 Å². The molecule has 0 N–H and O–H groups in total. The lowest BCUT2D eigenvalue weighted by atomic mass is 9.84. The molecule has 0 unspecified atom stereocenters. The molecule has 1 nitrogen and oxygen atoms in total. The van der Waals surface area contributed by atoms with E-state index in [1.54, 1.807) is 0 Å². The van der Waals surface area contributed by atoms with Gasteiger partial charge in [-0.3, -0.25) is 0 Å². The number of allylic oxidation sites excluding steroid dienone is 2. The maximum atomic E-state index is 5.68. The van der Waals surface area contributed by atoms with E-state index in [4.69, 9.17) is 4.74 Å². The van der Waals surface area contributed by atoms with Crippen LogP contribution >= 0.6 is 0 Å². The van der Waals surface area contributed by atoms with E-state index in [0.717, 1.165) is 13.0 Å². The number of ether oxygens (including phenoxy) is 1. The van der Waals surface area contributed by atoms with Crippen LogP contribution < -0.4 is 0 Å². The van der Waals surface area contributed by atoms with Gasteiger partial charge < -0.3 is 4.74 Å². The molecule has 0 saturated heterocycles. The van der Waals surface area contributed by atoms with E-state index >= 15 is 0 Å². The Morgan fingerprint density at radius 1 is 1.38 bits per heavy atom. The van der Waals surface area contributed by atoms with Crippen LogP contribution in [0.25, 0.3) is 0 Å². The second-order valence-electron chi connectivity index (χ2n) is 4.44. The maximum Gasteiger partial charge on any atom is 0.0717 e. The molecule has 1 atom stereocenters. The fourth-order valence-electron chi connectivity index (χ4n) is 1.86. The van der Waals surface area contributed by atoms with Crippen molar-refractivity contribution in [2.45, 2.75) is 20.0 Å². The van der Waals surface area contributed by atoms with E-state index in [-0.39, 0.29) is 0 Å². The highest BCUT2D eigenvalue weighted by Gasteiger charge is 2.19. The lowest BCUT2D eigenvalue weighted by molar-refractivity contribution is 0.0950. The summed E-state index contributed by atoms with van der Waals surface area (Å²) in [5.41, 5.74) is 3.83. The number of hydrogen-bond acceptors (Lipinski definition) is 1. The Morgan fingerprint density at radius 2 is 2.06 bits per heavy atom. The van der Waals surface area contributed by atoms with Gasteiger partial charge in [-0.25, -0.2) is 0 Å². The second-order valence-corrected chi connectivity index (χ2v) is 4.44. The van der Waals surface area contributed by atoms with Crippen LogP contribution in [0.4, 0.5) is 0 Å². The van der Waals surface area contributed by atoms with Crippen molar-refractivity contribution in [3.63, 3.8) is 0 Å². The number of benzene rings is 1. The molecule has 0 fully saturated rings. The molecule has 0 heterocycles. The quantitative estimate of drug-likeness (QED) is 0.725. The summed E-state index contributed by atoms with van der Waals surface area (Å²) < 4.78 is 5.68. The minimum Gasteiger partial charge on any atom is -0.376 e. The minimum atomic E-state index is 0.593. The molecule has 1 heteroatoms. The third-order valence-electron chi connectivity index (χ3n) is 2.91. The van der Waals surface area contributed by atoms with E-state index in [0.29, 0.717) is 12.5 Å². The molecule has 84 valence electrons. The molecule has 1 aliphatic rings. The molecule has 2 rings (SSSR count). The smallest absolute Gasteiger partial charge is 0.0717 e. The summed E-state index contributed by atoms with van der Waals surface area (Å²) in [5.74, 6) is 0.593. The fourth-order valence-corrected chi connectivity index (χ4v) is 1.86. The maximum absolute atomic E-state index is 5.68. The van der Waals surface area contributed by atoms with Crippen LogP contribution in [-0.4, -0.2) is 6.61 Å². The fraction of sp³-hybridized carbons (Fsp3) is 0.333. The topological polar surface area (TPSA) is 9.23 Å². The first-order chi connectivity index (χ1) is 7.75. The van der Waals surface area contributed by atoms with Gasteiger partial charge in [-0.1, -0.05) is 48.6 Å². The number of rotatable bonds is 5. The molecule has 1 aromatic carbocycles. The molecular weight excluding hydrogens is 196 g/mol. The van der Waals surface area contributed by atoms with Crippen LogP contribution in [0.1, 0.15) is 18.9 Å². The molecule has 16 heavy (non-hydrogen) atoms. The normalized spacial score (nSPS) is 18.8. The van der Waals surface area contributed by atoms with Crippen LogP contribution in [0.3, 0.4) is 0 Å². The Kier molecular flexibility index (Phi) is 3.58. The highest BCUT2D eigenvalue weighted by atomic mass is 16.5. The Hall–Kier alpha value is -1.34. The Bertz CT molecular complexity index is 389. The SMILES string of the molecule is C=C(C)C1=C[C@H](COCc2ccccc2)C1. The average Bonchev–Trinajstić information content (AvgIpc) is 2.22. The van der Waals surface area contributed by atoms with E-state index in [2.05, 4.69) is 31.7 Å². The van der Waals surface area contributed by atoms with Gasteiger partial charge in [0.15, 0.2) is 0 Å². The van der Waals surface area contributed by atoms with Crippen LogP contribution in [0.15, 0.2) is 54.1 Å². The van der Waals surface area contributed by atoms with Crippen molar-refractivity contribution in [3.05, 3.63) is 59.7 Å². The Balaban J connectivity index is 1.69. The summed E-state index contributed by atoms with van der Waals surface area (Å²) in [5, 5.41) is 0. The highest BCUT2D eigenvalue weighted by Crippen LogP contribution is 2.30. The molecule has 1 aromatic rings. The minimum absolute atomic E-state index is 0.593. The first-order valence-corrected chi connectivity index (χ1v) is 5.74. The molecule has 0 spiro atoms. The van der Waals surface area contributed by atoms with Gasteiger partial charge in [0.1, 0.15) is 0 Å². The summed E-state index contributed by atoms with van der Waals surface area (Å²) in [4.78, 5) is 0. The van der Waals surface area contributed by atoms with Gasteiger partial charge in [0.05, 0.1) is 13.2 Å². The molecule has 0 aromatic heterocycles. The summed E-state index contributed by atoms with van der Waals surface area (Å²) in [6, 6.07) is 10.3. The molecule has 0 aliphatic heterocycles. The molecular formula is C15H18O. The Morgan fingerprint density at radius 3 is 2.69 bits per heavy atom. The lowest BCUT2D eigenvalue weighted by Gasteiger charge is -2.25. The average molecular weight is 214 g/mol. The van der Waals surface area contributed by atoms with Gasteiger partial charge in [-0.2, -0.15) is 0 Å². The third-order valence-corrected chi connectivity index (χ3v) is 2.91. The standard InChI is InChI=1S/C15H18O/c1-12(2)15-8-14(9-15)11-16-10-13-6-4-3-5-7-13/h3-8,14H,1,9-11H2,2H3/t14-/m0/s1. The predicted octanol–water partition coefficient (Wildman–Crippen LogP) is 3.73. The predicted molar refractivity (Wildman–Crippen MR) is 67.1 cm³/mol. The van der Waals surface area contributed by atoms with Crippen molar-refractivity contribution in [3.8, 4) is 0 Å². The summed E-state index contributed by atoms with van der Waals surface area (Å²) >= 11 is 0. The van der Waals surface area contributed by atoms with Gasteiger partial charge in [0.2, 0.25) is 0 Å². The van der Waals surface area contributed by atoms with Gasteiger partial charge in [-0.05, 0) is 24.5 Å². The van der Waals surface area contributed by atoms with Gasteiger partial charge in [0.25, 0.3) is 0 Å². The summed E-state index contributed by atoms with van der Waals surface area (Å²) in [7, 11) is 0. The van der Waals surface area contributed by atoms with Crippen molar-refractivity contribution in [1.29, 1.82) is 0 Å². The second kappa shape index (κ2) is 5.13. The summed E-state index contributed by atoms with van der Waals surface area (Å²) in [6.45, 7) is 7.53. The zero-order chi connectivity index (χ0) is 11.4. The van der Waals surface area contributed by atoms with Crippen molar-refractivity contribution in [2.24, 2.45) is 5.92 Å². The molecule has 0 amide bonds. The van der Waals surface area contributed by atoms with Crippen molar-refractivity contribution < 1.29 is 4.74 Å². The van der Waals surface area contributed by atoms with Crippen molar-refractivity contribution in [2.75, 3.05) is 6.61 Å². The lowest BCUT2D eigenvalue weighted by Crippen LogP contribution is -2.16. The highest BCUT2D eigenvalue weighted by molar-refractivity contribution is 5.34. The van der Waals surface area contributed by atoms with Gasteiger partial charge in [-0.15, -0.1) is 0 Å². The molecule has 0 radical (unpaired) electrons. The van der Waals surface area contributed by atoms with Crippen LogP contribution in [0, 0.1) is 5.92 Å². The molecule has 0 saturated carbocycles. The largest absolute Gasteiger partial charge is 0.376 e. The van der Waals surface area contributed by atoms with E-state index < -0.39 is 0 Å². The molecule has 0 bridgehead atoms. The number of hydrogen-bond donors (Lipinski definition) is 0. The van der Waals surface area contributed by atoms with E-state index in [9.17, 15) is 0 Å². The van der Waals surface area contributed by atoms with Crippen LogP contribution in [0.2, 0.25) is 0 Å². The van der Waals surface area contributed by atoms with Crippen molar-refractivity contribution in [1.82, 2.24) is 0 Å². The first kappa shape index (κ1) is 11.2. The van der Waals surface area contributed by atoms with Gasteiger partial charge in [0, 0.05) is 5.92 Å². The first-order valence-electron chi connectivity index (χ1n) is 5.74. The van der Waals surface area contributed by atoms with Crippen LogP contribution in [-0.2, 0) is 11.3 Å². The monoisotopic (exact) mass is 214 g/mol. The zero-order valence-corrected chi connectivity index (χ0v) is 9.78. The van der Waals surface area contributed by atoms with E-state index in [1.807, 2.05) is 18.2 Å². The third kappa shape index (κ3) is 2.83. The summed E-state index contributed by atoms with van der Waals surface area (Å²) in [6.07, 6.45) is 3.40. The van der Waals surface area contributed by atoms with E-state index in [1.165, 1.54) is 16.7 Å². The Labute approximate surface area is 97.4 Å².